The summed E-state index contributed by atoms with van der Waals surface area (Å²) in [5.41, 5.74) is 0.571. The molecule has 0 aromatic heterocycles. The number of carbonyl (C=O) groups excluding carboxylic acids is 1. The maximum atomic E-state index is 11.8. The number of benzene rings is 1. The molecule has 1 aromatic rings. The van der Waals surface area contributed by atoms with E-state index in [1.54, 1.807) is 12.1 Å². The van der Waals surface area contributed by atoms with Crippen LogP contribution in [0.1, 0.15) is 37.6 Å². The Balaban J connectivity index is 2.46. The first kappa shape index (κ1) is 13.7. The molecule has 1 rings (SSSR count). The third kappa shape index (κ3) is 4.57. The van der Waals surface area contributed by atoms with Crippen LogP contribution in [0.2, 0.25) is 0 Å². The van der Waals surface area contributed by atoms with Gasteiger partial charge in [0.1, 0.15) is 6.10 Å². The molecule has 0 N–H and O–H groups in total. The maximum Gasteiger partial charge on any atom is 0.338 e. The lowest BCUT2D eigenvalue weighted by Crippen LogP contribution is -2.29. The van der Waals surface area contributed by atoms with Crippen molar-refractivity contribution in [1.82, 2.24) is 0 Å². The summed E-state index contributed by atoms with van der Waals surface area (Å²) in [5, 5.41) is 0. The second-order valence-electron chi connectivity index (χ2n) is 4.05. The molecule has 0 fully saturated rings. The lowest BCUT2D eigenvalue weighted by Gasteiger charge is -2.20. The Morgan fingerprint density at radius 2 is 1.82 bits per heavy atom. The molecule has 0 bridgehead atoms. The highest BCUT2D eigenvalue weighted by Gasteiger charge is 2.17. The van der Waals surface area contributed by atoms with E-state index in [9.17, 15) is 4.79 Å². The van der Waals surface area contributed by atoms with E-state index in [-0.39, 0.29) is 18.2 Å². The predicted octanol–water partition coefficient (Wildman–Crippen LogP) is 3.05. The average Bonchev–Trinajstić information content (AvgIpc) is 2.36. The standard InChI is InChI=1S/C14H20O3/c1-4-10-16-11(2)12(3)17-14(15)13-8-6-5-7-9-13/h5-9,11-12H,4,10H2,1-3H3. The van der Waals surface area contributed by atoms with Gasteiger partial charge in [-0.25, -0.2) is 4.79 Å². The summed E-state index contributed by atoms with van der Waals surface area (Å²) >= 11 is 0. The van der Waals surface area contributed by atoms with Crippen LogP contribution in [-0.2, 0) is 9.47 Å². The van der Waals surface area contributed by atoms with Gasteiger partial charge >= 0.3 is 5.97 Å². The maximum absolute atomic E-state index is 11.8. The van der Waals surface area contributed by atoms with Crippen molar-refractivity contribution < 1.29 is 14.3 Å². The van der Waals surface area contributed by atoms with Gasteiger partial charge in [-0.05, 0) is 32.4 Å². The zero-order valence-electron chi connectivity index (χ0n) is 10.7. The van der Waals surface area contributed by atoms with Crippen LogP contribution in [0.3, 0.4) is 0 Å². The van der Waals surface area contributed by atoms with Gasteiger partial charge in [0.25, 0.3) is 0 Å². The highest BCUT2D eigenvalue weighted by molar-refractivity contribution is 5.89. The SMILES string of the molecule is CCCOC(C)C(C)OC(=O)c1ccccc1. The number of rotatable bonds is 6. The minimum Gasteiger partial charge on any atom is -0.456 e. The second-order valence-corrected chi connectivity index (χ2v) is 4.05. The largest absolute Gasteiger partial charge is 0.456 e. The first-order valence-electron chi connectivity index (χ1n) is 6.02. The lowest BCUT2D eigenvalue weighted by molar-refractivity contribution is -0.0375. The van der Waals surface area contributed by atoms with Crippen LogP contribution in [0.15, 0.2) is 30.3 Å². The zero-order chi connectivity index (χ0) is 12.7. The predicted molar refractivity (Wildman–Crippen MR) is 67.0 cm³/mol. The quantitative estimate of drug-likeness (QED) is 0.712. The summed E-state index contributed by atoms with van der Waals surface area (Å²) in [7, 11) is 0. The molecule has 1 aromatic carbocycles. The Morgan fingerprint density at radius 1 is 1.18 bits per heavy atom. The van der Waals surface area contributed by atoms with E-state index in [4.69, 9.17) is 9.47 Å². The van der Waals surface area contributed by atoms with Crippen LogP contribution in [0.4, 0.5) is 0 Å². The molecule has 2 unspecified atom stereocenters. The third-order valence-electron chi connectivity index (χ3n) is 2.55. The summed E-state index contributed by atoms with van der Waals surface area (Å²) in [6.45, 7) is 6.50. The van der Waals surface area contributed by atoms with Gasteiger partial charge in [-0.3, -0.25) is 0 Å². The van der Waals surface area contributed by atoms with Crippen molar-refractivity contribution in [2.75, 3.05) is 6.61 Å². The Morgan fingerprint density at radius 3 is 2.41 bits per heavy atom. The van der Waals surface area contributed by atoms with E-state index in [0.717, 1.165) is 6.42 Å². The number of esters is 1. The summed E-state index contributed by atoms with van der Waals surface area (Å²) in [6.07, 6.45) is 0.640. The highest BCUT2D eigenvalue weighted by atomic mass is 16.6. The molecule has 0 saturated heterocycles. The van der Waals surface area contributed by atoms with Crippen molar-refractivity contribution in [2.45, 2.75) is 39.4 Å². The normalized spacial score (nSPS) is 14.1. The minimum absolute atomic E-state index is 0.0809. The van der Waals surface area contributed by atoms with Crippen molar-refractivity contribution in [3.05, 3.63) is 35.9 Å². The molecule has 0 spiro atoms. The monoisotopic (exact) mass is 236 g/mol. The van der Waals surface area contributed by atoms with Gasteiger partial charge in [0, 0.05) is 6.61 Å². The second kappa shape index (κ2) is 7.07. The summed E-state index contributed by atoms with van der Waals surface area (Å²) in [5.74, 6) is -0.301. The van der Waals surface area contributed by atoms with Gasteiger partial charge in [-0.1, -0.05) is 25.1 Å². The van der Waals surface area contributed by atoms with Gasteiger partial charge < -0.3 is 9.47 Å². The van der Waals surface area contributed by atoms with Gasteiger partial charge in [-0.2, -0.15) is 0 Å². The minimum atomic E-state index is -0.301. The lowest BCUT2D eigenvalue weighted by atomic mass is 10.2. The zero-order valence-corrected chi connectivity index (χ0v) is 10.7. The molecule has 3 heteroatoms. The molecule has 2 atom stereocenters. The van der Waals surface area contributed by atoms with Gasteiger partial charge in [0.05, 0.1) is 11.7 Å². The number of carbonyl (C=O) groups is 1. The van der Waals surface area contributed by atoms with Crippen molar-refractivity contribution in [3.63, 3.8) is 0 Å². The Labute approximate surface area is 103 Å². The van der Waals surface area contributed by atoms with E-state index >= 15 is 0 Å². The van der Waals surface area contributed by atoms with Crippen LogP contribution >= 0.6 is 0 Å². The summed E-state index contributed by atoms with van der Waals surface area (Å²) in [6, 6.07) is 8.99. The van der Waals surface area contributed by atoms with Crippen LogP contribution in [0, 0.1) is 0 Å². The molecule has 0 aliphatic rings. The van der Waals surface area contributed by atoms with Gasteiger partial charge in [0.2, 0.25) is 0 Å². The topological polar surface area (TPSA) is 35.5 Å². The summed E-state index contributed by atoms with van der Waals surface area (Å²) < 4.78 is 10.8. The fourth-order valence-corrected chi connectivity index (χ4v) is 1.35. The smallest absolute Gasteiger partial charge is 0.338 e. The molecule has 0 aliphatic carbocycles. The first-order valence-corrected chi connectivity index (χ1v) is 6.02. The van der Waals surface area contributed by atoms with Crippen molar-refractivity contribution >= 4 is 5.97 Å². The van der Waals surface area contributed by atoms with E-state index in [2.05, 4.69) is 0 Å². The average molecular weight is 236 g/mol. The van der Waals surface area contributed by atoms with E-state index in [1.165, 1.54) is 0 Å². The number of hydrogen-bond donors (Lipinski definition) is 0. The molecular formula is C14H20O3. The molecule has 0 aliphatic heterocycles. The molecule has 0 saturated carbocycles. The van der Waals surface area contributed by atoms with E-state index in [1.807, 2.05) is 39.0 Å². The van der Waals surface area contributed by atoms with Crippen LogP contribution < -0.4 is 0 Å². The molecule has 0 amide bonds. The van der Waals surface area contributed by atoms with Crippen molar-refractivity contribution in [1.29, 1.82) is 0 Å². The fraction of sp³-hybridized carbons (Fsp3) is 0.500. The first-order chi connectivity index (χ1) is 8.15. The van der Waals surface area contributed by atoms with Crippen LogP contribution in [-0.4, -0.2) is 24.8 Å². The number of ether oxygens (including phenoxy) is 2. The van der Waals surface area contributed by atoms with E-state index < -0.39 is 0 Å². The van der Waals surface area contributed by atoms with E-state index in [0.29, 0.717) is 12.2 Å². The molecular weight excluding hydrogens is 216 g/mol. The Hall–Kier alpha value is -1.35. The fourth-order valence-electron chi connectivity index (χ4n) is 1.35. The molecule has 0 radical (unpaired) electrons. The van der Waals surface area contributed by atoms with Crippen LogP contribution in [0.5, 0.6) is 0 Å². The molecule has 94 valence electrons. The molecule has 17 heavy (non-hydrogen) atoms. The Kier molecular flexibility index (Phi) is 5.70. The highest BCUT2D eigenvalue weighted by Crippen LogP contribution is 2.08. The Bertz CT molecular complexity index is 335. The van der Waals surface area contributed by atoms with Crippen molar-refractivity contribution in [3.8, 4) is 0 Å². The van der Waals surface area contributed by atoms with Gasteiger partial charge in [0.15, 0.2) is 0 Å². The third-order valence-corrected chi connectivity index (χ3v) is 2.55. The number of hydrogen-bond acceptors (Lipinski definition) is 3. The molecule has 3 nitrogen and oxygen atoms in total. The van der Waals surface area contributed by atoms with Crippen LogP contribution in [0.25, 0.3) is 0 Å². The molecule has 0 heterocycles. The van der Waals surface area contributed by atoms with Gasteiger partial charge in [-0.15, -0.1) is 0 Å². The van der Waals surface area contributed by atoms with Crippen molar-refractivity contribution in [2.24, 2.45) is 0 Å². The summed E-state index contributed by atoms with van der Waals surface area (Å²) in [4.78, 5) is 11.8.